The highest BCUT2D eigenvalue weighted by molar-refractivity contribution is 7.89. The molecule has 106 valence electrons. The van der Waals surface area contributed by atoms with Crippen LogP contribution in [-0.4, -0.2) is 25.9 Å². The highest BCUT2D eigenvalue weighted by Gasteiger charge is 2.23. The van der Waals surface area contributed by atoms with Crippen molar-refractivity contribution < 1.29 is 13.3 Å². The van der Waals surface area contributed by atoms with Crippen LogP contribution in [0.4, 0.5) is 5.69 Å². The molecule has 0 bridgehead atoms. The Labute approximate surface area is 112 Å². The third kappa shape index (κ3) is 3.49. The Bertz CT molecular complexity index is 598. The SMILES string of the molecule is Cc1cc([N+](=O)[O-])cc(S(=O)(=O)N[C@@H](C)CN)c1C. The fourth-order valence-corrected chi connectivity index (χ4v) is 3.16. The molecule has 0 saturated carbocycles. The lowest BCUT2D eigenvalue weighted by molar-refractivity contribution is -0.385. The summed E-state index contributed by atoms with van der Waals surface area (Å²) in [7, 11) is -3.82. The second-order valence-corrected chi connectivity index (χ2v) is 6.08. The Kier molecular flexibility index (Phi) is 4.61. The first kappa shape index (κ1) is 15.5. The minimum atomic E-state index is -3.82. The molecule has 0 radical (unpaired) electrons. The molecule has 8 heteroatoms. The van der Waals surface area contributed by atoms with E-state index in [2.05, 4.69) is 4.72 Å². The molecular weight excluding hydrogens is 270 g/mol. The van der Waals surface area contributed by atoms with Gasteiger partial charge in [0.25, 0.3) is 5.69 Å². The van der Waals surface area contributed by atoms with Crippen molar-refractivity contribution in [2.45, 2.75) is 31.7 Å². The zero-order valence-electron chi connectivity index (χ0n) is 11.0. The molecule has 0 aliphatic rings. The lowest BCUT2D eigenvalue weighted by Crippen LogP contribution is -2.38. The van der Waals surface area contributed by atoms with Gasteiger partial charge in [-0.25, -0.2) is 13.1 Å². The number of benzene rings is 1. The van der Waals surface area contributed by atoms with Crippen LogP contribution in [0.25, 0.3) is 0 Å². The molecule has 0 unspecified atom stereocenters. The molecule has 0 aliphatic carbocycles. The van der Waals surface area contributed by atoms with Gasteiger partial charge in [0.15, 0.2) is 0 Å². The molecule has 3 N–H and O–H groups in total. The largest absolute Gasteiger partial charge is 0.329 e. The lowest BCUT2D eigenvalue weighted by atomic mass is 10.1. The van der Waals surface area contributed by atoms with E-state index in [-0.39, 0.29) is 17.1 Å². The fraction of sp³-hybridized carbons (Fsp3) is 0.455. The van der Waals surface area contributed by atoms with Gasteiger partial charge in [-0.3, -0.25) is 10.1 Å². The fourth-order valence-electron chi connectivity index (χ4n) is 1.57. The van der Waals surface area contributed by atoms with Crippen molar-refractivity contribution in [3.05, 3.63) is 33.4 Å². The number of aryl methyl sites for hydroxylation is 1. The summed E-state index contributed by atoms with van der Waals surface area (Å²) in [4.78, 5) is 10.1. The molecule has 1 atom stereocenters. The first-order chi connectivity index (χ1) is 8.69. The average molecular weight is 287 g/mol. The number of nitrogens with one attached hydrogen (secondary N) is 1. The zero-order chi connectivity index (χ0) is 14.8. The standard InChI is InChI=1S/C11H17N3O4S/c1-7-4-10(14(15)16)5-11(9(7)3)19(17,18)13-8(2)6-12/h4-5,8,13H,6,12H2,1-3H3/t8-/m0/s1. The summed E-state index contributed by atoms with van der Waals surface area (Å²) in [6, 6.07) is 1.97. The summed E-state index contributed by atoms with van der Waals surface area (Å²) < 4.78 is 26.7. The summed E-state index contributed by atoms with van der Waals surface area (Å²) in [6.07, 6.45) is 0. The zero-order valence-corrected chi connectivity index (χ0v) is 11.8. The van der Waals surface area contributed by atoms with E-state index in [0.717, 1.165) is 6.07 Å². The Hall–Kier alpha value is -1.51. The van der Waals surface area contributed by atoms with E-state index in [1.54, 1.807) is 20.8 Å². The first-order valence-electron chi connectivity index (χ1n) is 5.67. The summed E-state index contributed by atoms with van der Waals surface area (Å²) in [5.74, 6) is 0. The third-order valence-electron chi connectivity index (χ3n) is 2.81. The minimum absolute atomic E-state index is 0.0838. The predicted octanol–water partition coefficient (Wildman–Crippen LogP) is 0.837. The smallest absolute Gasteiger partial charge is 0.271 e. The molecular formula is C11H17N3O4S. The Balaban J connectivity index is 3.37. The van der Waals surface area contributed by atoms with Gasteiger partial charge in [0.1, 0.15) is 0 Å². The molecule has 0 amide bonds. The number of nitro benzene ring substituents is 1. The van der Waals surface area contributed by atoms with Crippen molar-refractivity contribution >= 4 is 15.7 Å². The molecule has 0 spiro atoms. The lowest BCUT2D eigenvalue weighted by Gasteiger charge is -2.14. The summed E-state index contributed by atoms with van der Waals surface area (Å²) in [5.41, 5.74) is 6.16. The van der Waals surface area contributed by atoms with Gasteiger partial charge in [0.2, 0.25) is 10.0 Å². The molecule has 1 rings (SSSR count). The van der Waals surface area contributed by atoms with Crippen LogP contribution in [0.15, 0.2) is 17.0 Å². The molecule has 0 heterocycles. The quantitative estimate of drug-likeness (QED) is 0.615. The van der Waals surface area contributed by atoms with Crippen molar-refractivity contribution in [2.24, 2.45) is 5.73 Å². The number of hydrogen-bond donors (Lipinski definition) is 2. The molecule has 0 aromatic heterocycles. The minimum Gasteiger partial charge on any atom is -0.329 e. The predicted molar refractivity (Wildman–Crippen MR) is 71.4 cm³/mol. The summed E-state index contributed by atoms with van der Waals surface area (Å²) >= 11 is 0. The van der Waals surface area contributed by atoms with Gasteiger partial charge in [-0.1, -0.05) is 0 Å². The van der Waals surface area contributed by atoms with E-state index in [1.807, 2.05) is 0 Å². The molecule has 0 fully saturated rings. The van der Waals surface area contributed by atoms with Crippen LogP contribution in [0.1, 0.15) is 18.1 Å². The van der Waals surface area contributed by atoms with E-state index in [1.165, 1.54) is 6.07 Å². The number of nitrogens with zero attached hydrogens (tertiary/aromatic N) is 1. The second-order valence-electron chi connectivity index (χ2n) is 4.40. The second kappa shape index (κ2) is 5.64. The molecule has 0 aliphatic heterocycles. The molecule has 1 aromatic carbocycles. The van der Waals surface area contributed by atoms with Gasteiger partial charge in [-0.2, -0.15) is 0 Å². The summed E-state index contributed by atoms with van der Waals surface area (Å²) in [6.45, 7) is 5.01. The monoisotopic (exact) mass is 287 g/mol. The Morgan fingerprint density at radius 2 is 2.00 bits per heavy atom. The Morgan fingerprint density at radius 1 is 1.42 bits per heavy atom. The van der Waals surface area contributed by atoms with Crippen LogP contribution in [0.5, 0.6) is 0 Å². The van der Waals surface area contributed by atoms with Crippen LogP contribution in [-0.2, 0) is 10.0 Å². The van der Waals surface area contributed by atoms with Crippen LogP contribution in [0, 0.1) is 24.0 Å². The van der Waals surface area contributed by atoms with E-state index in [4.69, 9.17) is 5.73 Å². The number of hydrogen-bond acceptors (Lipinski definition) is 5. The highest BCUT2D eigenvalue weighted by Crippen LogP contribution is 2.25. The van der Waals surface area contributed by atoms with Gasteiger partial charge in [0.05, 0.1) is 9.82 Å². The average Bonchev–Trinajstić information content (AvgIpc) is 2.31. The topological polar surface area (TPSA) is 115 Å². The van der Waals surface area contributed by atoms with Crippen molar-refractivity contribution in [1.29, 1.82) is 0 Å². The maximum atomic E-state index is 12.2. The van der Waals surface area contributed by atoms with Crippen LogP contribution < -0.4 is 10.5 Å². The number of nitrogens with two attached hydrogens (primary N) is 1. The van der Waals surface area contributed by atoms with Gasteiger partial charge >= 0.3 is 0 Å². The highest BCUT2D eigenvalue weighted by atomic mass is 32.2. The maximum Gasteiger partial charge on any atom is 0.271 e. The summed E-state index contributed by atoms with van der Waals surface area (Å²) in [5, 5.41) is 10.8. The van der Waals surface area contributed by atoms with Crippen LogP contribution >= 0.6 is 0 Å². The number of non-ortho nitro benzene ring substituents is 1. The van der Waals surface area contributed by atoms with E-state index >= 15 is 0 Å². The van der Waals surface area contributed by atoms with E-state index in [0.29, 0.717) is 11.1 Å². The maximum absolute atomic E-state index is 12.2. The van der Waals surface area contributed by atoms with Crippen molar-refractivity contribution in [3.63, 3.8) is 0 Å². The molecule has 1 aromatic rings. The van der Waals surface area contributed by atoms with Crippen LogP contribution in [0.3, 0.4) is 0 Å². The van der Waals surface area contributed by atoms with E-state index < -0.39 is 21.0 Å². The first-order valence-corrected chi connectivity index (χ1v) is 7.15. The third-order valence-corrected chi connectivity index (χ3v) is 4.53. The number of nitro groups is 1. The van der Waals surface area contributed by atoms with Gasteiger partial charge in [-0.05, 0) is 31.9 Å². The normalized spacial score (nSPS) is 13.3. The van der Waals surface area contributed by atoms with Crippen molar-refractivity contribution in [3.8, 4) is 0 Å². The van der Waals surface area contributed by atoms with Gasteiger partial charge < -0.3 is 5.73 Å². The molecule has 0 saturated heterocycles. The molecule has 7 nitrogen and oxygen atoms in total. The Morgan fingerprint density at radius 3 is 2.47 bits per heavy atom. The van der Waals surface area contributed by atoms with E-state index in [9.17, 15) is 18.5 Å². The van der Waals surface area contributed by atoms with Crippen molar-refractivity contribution in [1.82, 2.24) is 4.72 Å². The van der Waals surface area contributed by atoms with Crippen molar-refractivity contribution in [2.75, 3.05) is 6.54 Å². The number of rotatable bonds is 5. The molecule has 19 heavy (non-hydrogen) atoms. The van der Waals surface area contributed by atoms with Gasteiger partial charge in [0, 0.05) is 24.7 Å². The number of sulfonamides is 1. The van der Waals surface area contributed by atoms with Crippen LogP contribution in [0.2, 0.25) is 0 Å². The van der Waals surface area contributed by atoms with Gasteiger partial charge in [-0.15, -0.1) is 0 Å².